The number of carbonyl (C=O) groups is 1. The van der Waals surface area contributed by atoms with Gasteiger partial charge in [0.1, 0.15) is 17.1 Å². The number of hydrogen-bond acceptors (Lipinski definition) is 8. The number of aromatic amines is 1. The Kier molecular flexibility index (Phi) is 5.40. The third kappa shape index (κ3) is 3.94. The number of amides is 1. The first kappa shape index (κ1) is 22.1. The van der Waals surface area contributed by atoms with Crippen LogP contribution in [0.3, 0.4) is 0 Å². The summed E-state index contributed by atoms with van der Waals surface area (Å²) >= 11 is 0. The fourth-order valence-electron chi connectivity index (χ4n) is 3.90. The third-order valence-electron chi connectivity index (χ3n) is 5.69. The van der Waals surface area contributed by atoms with E-state index < -0.39 is 5.91 Å². The van der Waals surface area contributed by atoms with Crippen LogP contribution in [0.4, 0.5) is 0 Å². The topological polar surface area (TPSA) is 163 Å². The number of nitrogens with two attached hydrogens (primary N) is 1. The average molecular weight is 473 g/mol. The monoisotopic (exact) mass is 473 g/mol. The summed E-state index contributed by atoms with van der Waals surface area (Å²) in [5.74, 6) is 0.593. The molecule has 0 aliphatic carbocycles. The summed E-state index contributed by atoms with van der Waals surface area (Å²) in [6, 6.07) is 9.49. The molecule has 0 radical (unpaired) electrons. The van der Waals surface area contributed by atoms with Gasteiger partial charge >= 0.3 is 0 Å². The predicted molar refractivity (Wildman–Crippen MR) is 126 cm³/mol. The molecule has 0 aliphatic rings. The Bertz CT molecular complexity index is 1550. The number of carbonyl (C=O) groups excluding carboxylic acids is 1. The normalized spacial score (nSPS) is 11.3. The summed E-state index contributed by atoms with van der Waals surface area (Å²) in [4.78, 5) is 20.8. The number of hydrogen-bond donors (Lipinski definition) is 3. The first-order valence-electron chi connectivity index (χ1n) is 10.8. The second kappa shape index (κ2) is 8.56. The largest absolute Gasteiger partial charge is 0.504 e. The Labute approximate surface area is 199 Å². The molecular weight excluding hydrogens is 450 g/mol. The van der Waals surface area contributed by atoms with Crippen LogP contribution in [0.15, 0.2) is 36.5 Å². The van der Waals surface area contributed by atoms with E-state index in [-0.39, 0.29) is 17.4 Å². The number of methoxy groups -OCH3 is 1. The van der Waals surface area contributed by atoms with Crippen molar-refractivity contribution >= 4 is 16.8 Å². The van der Waals surface area contributed by atoms with Crippen molar-refractivity contribution in [2.45, 2.75) is 26.8 Å². The molecule has 0 saturated carbocycles. The number of nitrogens with zero attached hydrogens (tertiary/aromatic N) is 7. The number of aryl methyl sites for hydroxylation is 4. The van der Waals surface area contributed by atoms with Crippen molar-refractivity contribution in [3.8, 4) is 29.0 Å². The number of primary amides is 1. The summed E-state index contributed by atoms with van der Waals surface area (Å²) in [6.07, 6.45) is 2.26. The van der Waals surface area contributed by atoms with E-state index in [2.05, 4.69) is 30.4 Å². The fourth-order valence-corrected chi connectivity index (χ4v) is 3.90. The Hall–Kier alpha value is -4.74. The molecule has 0 saturated heterocycles. The molecule has 4 aromatic heterocycles. The zero-order chi connectivity index (χ0) is 24.7. The number of ether oxygens (including phenoxy) is 1. The standard InChI is InChI=1S/C23H23N9O3/c1-12-10-16-17(11-25-12)32(30-18(16)21(24)34)23-26-22(27-28-23)19-20(33)13(2)29-31(19)9-8-14-4-6-15(35-3)7-5-14/h4-7,10-11,33H,8-9H2,1-3H3,(H2,24,34)(H,26,27,28). The number of aromatic nitrogens is 8. The molecule has 5 aromatic rings. The lowest BCUT2D eigenvalue weighted by molar-refractivity contribution is 0.0996. The molecule has 0 spiro atoms. The molecule has 12 heteroatoms. The molecule has 4 N–H and O–H groups in total. The molecule has 178 valence electrons. The molecule has 0 aliphatic heterocycles. The number of H-pyrrole nitrogens is 1. The first-order valence-corrected chi connectivity index (χ1v) is 10.8. The van der Waals surface area contributed by atoms with Crippen LogP contribution in [0.1, 0.15) is 27.4 Å². The Morgan fingerprint density at radius 1 is 1.20 bits per heavy atom. The lowest BCUT2D eigenvalue weighted by Gasteiger charge is -2.07. The molecule has 0 fully saturated rings. The van der Waals surface area contributed by atoms with Crippen molar-refractivity contribution in [3.63, 3.8) is 0 Å². The smallest absolute Gasteiger partial charge is 0.270 e. The van der Waals surface area contributed by atoms with E-state index in [1.165, 1.54) is 4.68 Å². The van der Waals surface area contributed by atoms with Gasteiger partial charge in [-0.2, -0.15) is 19.9 Å². The number of aromatic hydroxyl groups is 1. The van der Waals surface area contributed by atoms with Crippen molar-refractivity contribution < 1.29 is 14.6 Å². The number of nitrogens with one attached hydrogen (secondary N) is 1. The van der Waals surface area contributed by atoms with Gasteiger partial charge in [-0.1, -0.05) is 12.1 Å². The maximum Gasteiger partial charge on any atom is 0.270 e. The summed E-state index contributed by atoms with van der Waals surface area (Å²) in [7, 11) is 1.63. The summed E-state index contributed by atoms with van der Waals surface area (Å²) < 4.78 is 8.28. The zero-order valence-corrected chi connectivity index (χ0v) is 19.3. The SMILES string of the molecule is COc1ccc(CCn2nc(C)c(O)c2-c2nc(-n3nc(C(N)=O)c4cc(C)ncc43)n[nH]2)cc1. The van der Waals surface area contributed by atoms with Gasteiger partial charge in [-0.25, -0.2) is 0 Å². The minimum Gasteiger partial charge on any atom is -0.504 e. The maximum absolute atomic E-state index is 11.9. The van der Waals surface area contributed by atoms with Gasteiger partial charge in [0.2, 0.25) is 0 Å². The van der Waals surface area contributed by atoms with Gasteiger partial charge in [0, 0.05) is 17.6 Å². The number of fused-ring (bicyclic) bond motifs is 1. The number of benzene rings is 1. The third-order valence-corrected chi connectivity index (χ3v) is 5.69. The average Bonchev–Trinajstić information content (AvgIpc) is 3.54. The molecule has 0 bridgehead atoms. The molecule has 5 rings (SSSR count). The van der Waals surface area contributed by atoms with E-state index in [1.807, 2.05) is 31.2 Å². The lowest BCUT2D eigenvalue weighted by atomic mass is 10.1. The van der Waals surface area contributed by atoms with E-state index in [9.17, 15) is 9.90 Å². The summed E-state index contributed by atoms with van der Waals surface area (Å²) in [6.45, 7) is 4.03. The zero-order valence-electron chi connectivity index (χ0n) is 19.3. The van der Waals surface area contributed by atoms with Gasteiger partial charge in [0.05, 0.1) is 18.8 Å². The van der Waals surface area contributed by atoms with Crippen LogP contribution < -0.4 is 10.5 Å². The molecule has 35 heavy (non-hydrogen) atoms. The van der Waals surface area contributed by atoms with Gasteiger partial charge in [-0.05, 0) is 44.0 Å². The number of pyridine rings is 1. The highest BCUT2D eigenvalue weighted by Gasteiger charge is 2.23. The highest BCUT2D eigenvalue weighted by Crippen LogP contribution is 2.31. The molecule has 0 unspecified atom stereocenters. The Balaban J connectivity index is 1.50. The highest BCUT2D eigenvalue weighted by atomic mass is 16.5. The summed E-state index contributed by atoms with van der Waals surface area (Å²) in [5, 5.41) is 27.1. The summed E-state index contributed by atoms with van der Waals surface area (Å²) in [5.41, 5.74) is 8.82. The minimum atomic E-state index is -0.667. The van der Waals surface area contributed by atoms with Gasteiger partial charge in [-0.15, -0.1) is 5.10 Å². The molecule has 12 nitrogen and oxygen atoms in total. The molecule has 4 heterocycles. The van der Waals surface area contributed by atoms with Crippen LogP contribution in [-0.2, 0) is 13.0 Å². The Morgan fingerprint density at radius 3 is 2.69 bits per heavy atom. The van der Waals surface area contributed by atoms with Crippen LogP contribution in [-0.4, -0.2) is 57.8 Å². The second-order valence-corrected chi connectivity index (χ2v) is 8.06. The van der Waals surface area contributed by atoms with Crippen molar-refractivity contribution in [1.29, 1.82) is 0 Å². The Morgan fingerprint density at radius 2 is 1.97 bits per heavy atom. The second-order valence-electron chi connectivity index (χ2n) is 8.06. The predicted octanol–water partition coefficient (Wildman–Crippen LogP) is 2.07. The van der Waals surface area contributed by atoms with Crippen LogP contribution in [0.25, 0.3) is 28.4 Å². The van der Waals surface area contributed by atoms with Crippen molar-refractivity contribution in [1.82, 2.24) is 39.7 Å². The maximum atomic E-state index is 11.9. The van der Waals surface area contributed by atoms with Crippen molar-refractivity contribution in [2.24, 2.45) is 5.73 Å². The van der Waals surface area contributed by atoms with E-state index >= 15 is 0 Å². The van der Waals surface area contributed by atoms with Gasteiger partial charge < -0.3 is 15.6 Å². The molecule has 1 amide bonds. The molecular formula is C23H23N9O3. The van der Waals surface area contributed by atoms with Gasteiger partial charge in [0.25, 0.3) is 11.9 Å². The minimum absolute atomic E-state index is 0.00266. The van der Waals surface area contributed by atoms with E-state index in [4.69, 9.17) is 10.5 Å². The van der Waals surface area contributed by atoms with E-state index in [1.54, 1.807) is 31.0 Å². The van der Waals surface area contributed by atoms with Gasteiger partial charge in [0.15, 0.2) is 17.3 Å². The highest BCUT2D eigenvalue weighted by molar-refractivity contribution is 6.04. The first-order chi connectivity index (χ1) is 16.9. The van der Waals surface area contributed by atoms with Crippen LogP contribution in [0, 0.1) is 13.8 Å². The molecule has 0 atom stereocenters. The van der Waals surface area contributed by atoms with Crippen LogP contribution >= 0.6 is 0 Å². The van der Waals surface area contributed by atoms with E-state index in [0.29, 0.717) is 41.1 Å². The lowest BCUT2D eigenvalue weighted by Crippen LogP contribution is -2.12. The van der Waals surface area contributed by atoms with Crippen molar-refractivity contribution in [3.05, 3.63) is 59.2 Å². The van der Waals surface area contributed by atoms with Gasteiger partial charge in [-0.3, -0.25) is 19.6 Å². The van der Waals surface area contributed by atoms with Crippen molar-refractivity contribution in [2.75, 3.05) is 7.11 Å². The fraction of sp³-hybridized carbons (Fsp3) is 0.217. The van der Waals surface area contributed by atoms with Crippen LogP contribution in [0.2, 0.25) is 0 Å². The van der Waals surface area contributed by atoms with Crippen LogP contribution in [0.5, 0.6) is 11.5 Å². The quantitative estimate of drug-likeness (QED) is 0.323. The van der Waals surface area contributed by atoms with E-state index in [0.717, 1.165) is 17.0 Å². The number of rotatable bonds is 7. The molecule has 1 aromatic carbocycles.